The third-order valence-corrected chi connectivity index (χ3v) is 1.41. The normalized spacial score (nSPS) is 10.0. The minimum absolute atomic E-state index is 0.269. The molecule has 4 N–H and O–H groups in total. The fraction of sp³-hybridized carbons (Fsp3) is 0.250. The molecule has 0 unspecified atom stereocenters. The second-order valence-electron chi connectivity index (χ2n) is 2.37. The van der Waals surface area contributed by atoms with Gasteiger partial charge in [-0.3, -0.25) is 5.84 Å². The van der Waals surface area contributed by atoms with Crippen LogP contribution < -0.4 is 21.5 Å². The van der Waals surface area contributed by atoms with Gasteiger partial charge in [-0.15, -0.1) is 0 Å². The lowest BCUT2D eigenvalue weighted by atomic mass is 10.3. The van der Waals surface area contributed by atoms with Crippen LogP contribution >= 0.6 is 0 Å². The van der Waals surface area contributed by atoms with E-state index in [1.165, 1.54) is 12.1 Å². The molecule has 0 aromatic heterocycles. The summed E-state index contributed by atoms with van der Waals surface area (Å²) in [6.45, 7) is 1.05. The van der Waals surface area contributed by atoms with E-state index in [0.717, 1.165) is 0 Å². The maximum absolute atomic E-state index is 12.4. The Morgan fingerprint density at radius 2 is 2.00 bits per heavy atom. The minimum atomic E-state index is -0.269. The Morgan fingerprint density at radius 3 is 2.62 bits per heavy atom. The smallest absolute Gasteiger partial charge is 0.123 e. The quantitative estimate of drug-likeness (QED) is 0.348. The van der Waals surface area contributed by atoms with Gasteiger partial charge in [0.05, 0.1) is 0 Å². The van der Waals surface area contributed by atoms with Crippen LogP contribution in [-0.2, 0) is 0 Å². The van der Waals surface area contributed by atoms with E-state index in [1.54, 1.807) is 12.1 Å². The van der Waals surface area contributed by atoms with Gasteiger partial charge in [0.1, 0.15) is 18.2 Å². The number of hydrogen-bond donors (Lipinski definition) is 3. The maximum Gasteiger partial charge on any atom is 0.123 e. The molecule has 4 nitrogen and oxygen atoms in total. The summed E-state index contributed by atoms with van der Waals surface area (Å²) in [5.41, 5.74) is 4.93. The topological polar surface area (TPSA) is 59.3 Å². The van der Waals surface area contributed by atoms with Gasteiger partial charge in [-0.1, -0.05) is 0 Å². The highest BCUT2D eigenvalue weighted by molar-refractivity contribution is 5.21. The fourth-order valence-electron chi connectivity index (χ4n) is 0.823. The van der Waals surface area contributed by atoms with Crippen molar-refractivity contribution in [2.24, 2.45) is 5.84 Å². The van der Waals surface area contributed by atoms with Gasteiger partial charge in [-0.05, 0) is 24.3 Å². The first kappa shape index (κ1) is 9.91. The van der Waals surface area contributed by atoms with E-state index in [0.29, 0.717) is 18.9 Å². The van der Waals surface area contributed by atoms with Gasteiger partial charge in [0.25, 0.3) is 0 Å². The largest absolute Gasteiger partial charge is 0.492 e. The van der Waals surface area contributed by atoms with Gasteiger partial charge in [0.2, 0.25) is 0 Å². The second-order valence-corrected chi connectivity index (χ2v) is 2.37. The molecular formula is C8H12FN3O. The number of hydrazine groups is 2. The third kappa shape index (κ3) is 3.84. The van der Waals surface area contributed by atoms with Crippen molar-refractivity contribution < 1.29 is 9.13 Å². The standard InChI is InChI=1S/C8H12FN3O/c9-7-1-3-8(4-2-7)13-6-5-11-12-10/h1-4,11-12H,5-6,10H2. The Labute approximate surface area is 75.8 Å². The van der Waals surface area contributed by atoms with Crippen molar-refractivity contribution in [3.63, 3.8) is 0 Å². The monoisotopic (exact) mass is 185 g/mol. The van der Waals surface area contributed by atoms with E-state index < -0.39 is 0 Å². The predicted molar refractivity (Wildman–Crippen MR) is 47.2 cm³/mol. The fourth-order valence-corrected chi connectivity index (χ4v) is 0.823. The van der Waals surface area contributed by atoms with Gasteiger partial charge >= 0.3 is 0 Å². The van der Waals surface area contributed by atoms with Crippen LogP contribution in [0.2, 0.25) is 0 Å². The molecule has 0 radical (unpaired) electrons. The van der Waals surface area contributed by atoms with Crippen molar-refractivity contribution in [2.75, 3.05) is 13.2 Å². The van der Waals surface area contributed by atoms with E-state index in [1.807, 2.05) is 0 Å². The number of nitrogens with one attached hydrogen (secondary N) is 2. The SMILES string of the molecule is NNNCCOc1ccc(F)cc1. The van der Waals surface area contributed by atoms with Crippen LogP contribution in [0.5, 0.6) is 5.75 Å². The first-order valence-corrected chi connectivity index (χ1v) is 3.90. The van der Waals surface area contributed by atoms with E-state index in [2.05, 4.69) is 11.0 Å². The average Bonchev–Trinajstić information content (AvgIpc) is 2.15. The number of halogens is 1. The number of hydrogen-bond acceptors (Lipinski definition) is 4. The van der Waals surface area contributed by atoms with Gasteiger partial charge in [0, 0.05) is 6.54 Å². The Balaban J connectivity index is 2.25. The maximum atomic E-state index is 12.4. The van der Waals surface area contributed by atoms with Crippen molar-refractivity contribution in [3.8, 4) is 5.75 Å². The highest BCUT2D eigenvalue weighted by atomic mass is 19.1. The molecule has 72 valence electrons. The number of ether oxygens (including phenoxy) is 1. The summed E-state index contributed by atoms with van der Waals surface area (Å²) < 4.78 is 17.7. The summed E-state index contributed by atoms with van der Waals surface area (Å²) in [5, 5.41) is 0. The van der Waals surface area contributed by atoms with Crippen LogP contribution in [0, 0.1) is 5.82 Å². The number of benzene rings is 1. The van der Waals surface area contributed by atoms with Crippen LogP contribution in [0.3, 0.4) is 0 Å². The number of nitrogens with two attached hydrogens (primary N) is 1. The zero-order valence-corrected chi connectivity index (χ0v) is 7.09. The molecule has 0 fully saturated rings. The molecule has 0 aliphatic rings. The molecule has 0 aliphatic heterocycles. The summed E-state index contributed by atoms with van der Waals surface area (Å²) in [5.74, 6) is 5.33. The molecule has 13 heavy (non-hydrogen) atoms. The van der Waals surface area contributed by atoms with Crippen LogP contribution in [-0.4, -0.2) is 13.2 Å². The van der Waals surface area contributed by atoms with Gasteiger partial charge < -0.3 is 4.74 Å². The van der Waals surface area contributed by atoms with E-state index in [-0.39, 0.29) is 5.82 Å². The zero-order valence-electron chi connectivity index (χ0n) is 7.09. The molecule has 0 saturated heterocycles. The van der Waals surface area contributed by atoms with E-state index >= 15 is 0 Å². The molecular weight excluding hydrogens is 173 g/mol. The molecule has 0 aliphatic carbocycles. The Morgan fingerprint density at radius 1 is 1.31 bits per heavy atom. The van der Waals surface area contributed by atoms with Crippen LogP contribution in [0.4, 0.5) is 4.39 Å². The summed E-state index contributed by atoms with van der Waals surface area (Å²) in [7, 11) is 0. The molecule has 0 heterocycles. The second kappa shape index (κ2) is 5.47. The van der Waals surface area contributed by atoms with Gasteiger partial charge in [-0.25, -0.2) is 9.82 Å². The van der Waals surface area contributed by atoms with E-state index in [4.69, 9.17) is 10.6 Å². The first-order chi connectivity index (χ1) is 6.33. The van der Waals surface area contributed by atoms with Gasteiger partial charge in [-0.2, -0.15) is 5.53 Å². The lowest BCUT2D eigenvalue weighted by molar-refractivity contribution is 0.304. The summed E-state index contributed by atoms with van der Waals surface area (Å²) in [4.78, 5) is 0. The van der Waals surface area contributed by atoms with Crippen LogP contribution in [0.1, 0.15) is 0 Å². The predicted octanol–water partition coefficient (Wildman–Crippen LogP) is 0.172. The van der Waals surface area contributed by atoms with E-state index in [9.17, 15) is 4.39 Å². The number of rotatable bonds is 5. The minimum Gasteiger partial charge on any atom is -0.492 e. The Hall–Kier alpha value is -1.17. The highest BCUT2D eigenvalue weighted by Crippen LogP contribution is 2.10. The van der Waals surface area contributed by atoms with Crippen molar-refractivity contribution >= 4 is 0 Å². The Bertz CT molecular complexity index is 240. The third-order valence-electron chi connectivity index (χ3n) is 1.41. The lowest BCUT2D eigenvalue weighted by Gasteiger charge is -2.05. The van der Waals surface area contributed by atoms with Crippen molar-refractivity contribution in [2.45, 2.75) is 0 Å². The van der Waals surface area contributed by atoms with Crippen molar-refractivity contribution in [3.05, 3.63) is 30.1 Å². The molecule has 5 heteroatoms. The summed E-state index contributed by atoms with van der Waals surface area (Å²) >= 11 is 0. The molecule has 0 bridgehead atoms. The highest BCUT2D eigenvalue weighted by Gasteiger charge is 1.93. The first-order valence-electron chi connectivity index (χ1n) is 3.90. The molecule has 1 aromatic carbocycles. The summed E-state index contributed by atoms with van der Waals surface area (Å²) in [6, 6.07) is 5.85. The van der Waals surface area contributed by atoms with Crippen molar-refractivity contribution in [1.82, 2.24) is 11.0 Å². The van der Waals surface area contributed by atoms with Crippen molar-refractivity contribution in [1.29, 1.82) is 0 Å². The molecule has 1 aromatic rings. The average molecular weight is 185 g/mol. The van der Waals surface area contributed by atoms with Crippen LogP contribution in [0.25, 0.3) is 0 Å². The zero-order chi connectivity index (χ0) is 9.52. The van der Waals surface area contributed by atoms with Gasteiger partial charge in [0.15, 0.2) is 0 Å². The molecule has 0 amide bonds. The lowest BCUT2D eigenvalue weighted by Crippen LogP contribution is -2.40. The molecule has 0 spiro atoms. The summed E-state index contributed by atoms with van der Waals surface area (Å²) in [6.07, 6.45) is 0. The molecule has 0 saturated carbocycles. The molecule has 0 atom stereocenters. The Kier molecular flexibility index (Phi) is 4.17. The molecule has 1 rings (SSSR count). The van der Waals surface area contributed by atoms with Crippen LogP contribution in [0.15, 0.2) is 24.3 Å².